The molecule has 2 heterocycles. The number of nitrogens with zero attached hydrogens (tertiary/aromatic N) is 1. The molecule has 0 spiro atoms. The maximum absolute atomic E-state index is 12.8. The van der Waals surface area contributed by atoms with Gasteiger partial charge in [0, 0.05) is 18.7 Å². The van der Waals surface area contributed by atoms with Crippen molar-refractivity contribution in [1.29, 1.82) is 0 Å². The predicted molar refractivity (Wildman–Crippen MR) is 85.7 cm³/mol. The fourth-order valence-corrected chi connectivity index (χ4v) is 3.53. The monoisotopic (exact) mass is 300 g/mol. The summed E-state index contributed by atoms with van der Waals surface area (Å²) in [6, 6.07) is 5.68. The van der Waals surface area contributed by atoms with E-state index in [1.165, 1.54) is 5.56 Å². The summed E-state index contributed by atoms with van der Waals surface area (Å²) in [6.45, 7) is 5.66. The number of rotatable bonds is 3. The van der Waals surface area contributed by atoms with E-state index in [1.54, 1.807) is 4.90 Å². The van der Waals surface area contributed by atoms with E-state index in [9.17, 15) is 9.59 Å². The minimum atomic E-state index is -0.313. The van der Waals surface area contributed by atoms with E-state index in [-0.39, 0.29) is 17.9 Å². The standard InChI is InChI=1S/C18H24N2O2/c1-3-12(2)13-7-6-8-14-15(13)11-20(18(14)22)16-9-4-5-10-19-17(16)21/h6-8,12,16H,3-5,9-11H2,1-2H3,(H,19,21). The molecule has 22 heavy (non-hydrogen) atoms. The molecule has 2 aliphatic rings. The SMILES string of the molecule is CCC(C)c1cccc2c1CN(C1CCCCNC1=O)C2=O. The lowest BCUT2D eigenvalue weighted by Crippen LogP contribution is -2.45. The highest BCUT2D eigenvalue weighted by Crippen LogP contribution is 2.33. The van der Waals surface area contributed by atoms with Gasteiger partial charge in [0.25, 0.3) is 5.91 Å². The van der Waals surface area contributed by atoms with Crippen LogP contribution in [0.15, 0.2) is 18.2 Å². The third kappa shape index (κ3) is 2.51. The topological polar surface area (TPSA) is 49.4 Å². The maximum Gasteiger partial charge on any atom is 0.255 e. The van der Waals surface area contributed by atoms with Crippen LogP contribution in [0, 0.1) is 0 Å². The molecule has 2 amide bonds. The van der Waals surface area contributed by atoms with Crippen molar-refractivity contribution in [3.63, 3.8) is 0 Å². The normalized spacial score (nSPS) is 23.0. The molecule has 1 fully saturated rings. The van der Waals surface area contributed by atoms with Gasteiger partial charge < -0.3 is 10.2 Å². The van der Waals surface area contributed by atoms with Crippen LogP contribution in [0.2, 0.25) is 0 Å². The number of carbonyl (C=O) groups is 2. The molecule has 0 saturated carbocycles. The molecule has 4 nitrogen and oxygen atoms in total. The van der Waals surface area contributed by atoms with Crippen LogP contribution in [0.5, 0.6) is 0 Å². The van der Waals surface area contributed by atoms with E-state index in [0.29, 0.717) is 12.5 Å². The Bertz CT molecular complexity index is 597. The lowest BCUT2D eigenvalue weighted by Gasteiger charge is -2.25. The second kappa shape index (κ2) is 6.11. The van der Waals surface area contributed by atoms with Crippen LogP contribution < -0.4 is 5.32 Å². The second-order valence-electron chi connectivity index (χ2n) is 6.42. The van der Waals surface area contributed by atoms with Gasteiger partial charge in [-0.25, -0.2) is 0 Å². The summed E-state index contributed by atoms with van der Waals surface area (Å²) >= 11 is 0. The van der Waals surface area contributed by atoms with Gasteiger partial charge >= 0.3 is 0 Å². The molecule has 1 N–H and O–H groups in total. The lowest BCUT2D eigenvalue weighted by molar-refractivity contribution is -0.125. The zero-order valence-corrected chi connectivity index (χ0v) is 13.4. The van der Waals surface area contributed by atoms with Crippen molar-refractivity contribution in [1.82, 2.24) is 10.2 Å². The molecule has 4 heteroatoms. The summed E-state index contributed by atoms with van der Waals surface area (Å²) in [4.78, 5) is 26.8. The van der Waals surface area contributed by atoms with Gasteiger partial charge in [-0.2, -0.15) is 0 Å². The summed E-state index contributed by atoms with van der Waals surface area (Å²) < 4.78 is 0. The summed E-state index contributed by atoms with van der Waals surface area (Å²) in [5.41, 5.74) is 3.17. The summed E-state index contributed by atoms with van der Waals surface area (Å²) in [5.74, 6) is 0.455. The van der Waals surface area contributed by atoms with Crippen molar-refractivity contribution in [3.8, 4) is 0 Å². The van der Waals surface area contributed by atoms with Gasteiger partial charge in [-0.1, -0.05) is 26.0 Å². The van der Waals surface area contributed by atoms with E-state index in [2.05, 4.69) is 25.2 Å². The molecule has 2 atom stereocenters. The van der Waals surface area contributed by atoms with Gasteiger partial charge in [0.1, 0.15) is 6.04 Å². The predicted octanol–water partition coefficient (Wildman–Crippen LogP) is 2.82. The molecule has 0 aliphatic carbocycles. The molecule has 0 radical (unpaired) electrons. The highest BCUT2D eigenvalue weighted by molar-refractivity contribution is 6.01. The smallest absolute Gasteiger partial charge is 0.255 e. The molecular weight excluding hydrogens is 276 g/mol. The van der Waals surface area contributed by atoms with Crippen LogP contribution in [0.1, 0.15) is 66.9 Å². The summed E-state index contributed by atoms with van der Waals surface area (Å²) in [7, 11) is 0. The first-order chi connectivity index (χ1) is 10.6. The van der Waals surface area contributed by atoms with E-state index in [1.807, 2.05) is 12.1 Å². The van der Waals surface area contributed by atoms with Crippen LogP contribution in [-0.4, -0.2) is 29.3 Å². The Hall–Kier alpha value is -1.84. The molecule has 0 aromatic heterocycles. The van der Waals surface area contributed by atoms with E-state index >= 15 is 0 Å². The Morgan fingerprint density at radius 2 is 2.14 bits per heavy atom. The van der Waals surface area contributed by atoms with Gasteiger partial charge in [0.2, 0.25) is 5.91 Å². The average Bonchev–Trinajstić information content (AvgIpc) is 2.72. The van der Waals surface area contributed by atoms with Gasteiger partial charge in [-0.3, -0.25) is 9.59 Å². The fraction of sp³-hybridized carbons (Fsp3) is 0.556. The second-order valence-corrected chi connectivity index (χ2v) is 6.42. The number of carbonyl (C=O) groups excluding carboxylic acids is 2. The Kier molecular flexibility index (Phi) is 4.19. The third-order valence-electron chi connectivity index (χ3n) is 5.06. The number of hydrogen-bond donors (Lipinski definition) is 1. The number of benzene rings is 1. The molecule has 3 rings (SSSR count). The first kappa shape index (κ1) is 15.1. The van der Waals surface area contributed by atoms with Crippen LogP contribution in [-0.2, 0) is 11.3 Å². The molecule has 1 saturated heterocycles. The van der Waals surface area contributed by atoms with Crippen LogP contribution in [0.25, 0.3) is 0 Å². The van der Waals surface area contributed by atoms with Crippen molar-refractivity contribution in [2.45, 2.75) is 58.0 Å². The Morgan fingerprint density at radius 3 is 2.91 bits per heavy atom. The largest absolute Gasteiger partial charge is 0.354 e. The Morgan fingerprint density at radius 1 is 1.32 bits per heavy atom. The number of amides is 2. The van der Waals surface area contributed by atoms with Gasteiger partial charge in [0.05, 0.1) is 0 Å². The average molecular weight is 300 g/mol. The lowest BCUT2D eigenvalue weighted by atomic mass is 9.92. The molecule has 118 valence electrons. The molecular formula is C18H24N2O2. The highest BCUT2D eigenvalue weighted by atomic mass is 16.2. The maximum atomic E-state index is 12.8. The van der Waals surface area contributed by atoms with Gasteiger partial charge in [0.15, 0.2) is 0 Å². The minimum Gasteiger partial charge on any atom is -0.354 e. The summed E-state index contributed by atoms with van der Waals surface area (Å²) in [5, 5.41) is 2.93. The first-order valence-electron chi connectivity index (χ1n) is 8.34. The van der Waals surface area contributed by atoms with Gasteiger partial charge in [-0.15, -0.1) is 0 Å². The van der Waals surface area contributed by atoms with E-state index < -0.39 is 0 Å². The molecule has 2 aliphatic heterocycles. The van der Waals surface area contributed by atoms with Crippen molar-refractivity contribution in [3.05, 3.63) is 34.9 Å². The molecule has 2 unspecified atom stereocenters. The molecule has 1 aromatic rings. The number of fused-ring (bicyclic) bond motifs is 1. The quantitative estimate of drug-likeness (QED) is 0.933. The van der Waals surface area contributed by atoms with Crippen LogP contribution in [0.4, 0.5) is 0 Å². The van der Waals surface area contributed by atoms with Gasteiger partial charge in [-0.05, 0) is 48.8 Å². The van der Waals surface area contributed by atoms with Crippen LogP contribution >= 0.6 is 0 Å². The highest BCUT2D eigenvalue weighted by Gasteiger charge is 2.37. The van der Waals surface area contributed by atoms with E-state index in [4.69, 9.17) is 0 Å². The first-order valence-corrected chi connectivity index (χ1v) is 8.34. The number of nitrogens with one attached hydrogen (secondary N) is 1. The molecule has 0 bridgehead atoms. The van der Waals surface area contributed by atoms with Crippen LogP contribution in [0.3, 0.4) is 0 Å². The van der Waals surface area contributed by atoms with E-state index in [0.717, 1.165) is 43.4 Å². The fourth-order valence-electron chi connectivity index (χ4n) is 3.53. The third-order valence-corrected chi connectivity index (χ3v) is 5.06. The van der Waals surface area contributed by atoms with Crippen molar-refractivity contribution in [2.24, 2.45) is 0 Å². The van der Waals surface area contributed by atoms with Crippen molar-refractivity contribution >= 4 is 11.8 Å². The zero-order chi connectivity index (χ0) is 15.7. The summed E-state index contributed by atoms with van der Waals surface area (Å²) in [6.07, 6.45) is 3.80. The molecule has 1 aromatic carbocycles. The minimum absolute atomic E-state index is 0.00347. The Balaban J connectivity index is 1.92. The van der Waals surface area contributed by atoms with Crippen molar-refractivity contribution < 1.29 is 9.59 Å². The zero-order valence-electron chi connectivity index (χ0n) is 13.4. The number of hydrogen-bond acceptors (Lipinski definition) is 2. The Labute approximate surface area is 131 Å². The van der Waals surface area contributed by atoms with Crippen molar-refractivity contribution in [2.75, 3.05) is 6.54 Å².